The first-order chi connectivity index (χ1) is 8.29. The maximum atomic E-state index is 11.9. The van der Waals surface area contributed by atoms with Crippen LogP contribution in [0, 0.1) is 0 Å². The molecular weight excluding hydrogens is 289 g/mol. The van der Waals surface area contributed by atoms with Gasteiger partial charge in [0.25, 0.3) is 5.91 Å². The largest absolute Gasteiger partial charge is 0.366 e. The molecule has 5 nitrogen and oxygen atoms in total. The van der Waals surface area contributed by atoms with E-state index in [1.54, 1.807) is 0 Å². The SMILES string of the molecule is CCN1CCOC(C(=O)NCC2CCCN2)C1.Cl.Cl. The summed E-state index contributed by atoms with van der Waals surface area (Å²) in [6.07, 6.45) is 2.09. The molecule has 19 heavy (non-hydrogen) atoms. The lowest BCUT2D eigenvalue weighted by Gasteiger charge is -2.31. The molecule has 1 amide bonds. The van der Waals surface area contributed by atoms with Gasteiger partial charge in [-0.2, -0.15) is 0 Å². The maximum Gasteiger partial charge on any atom is 0.250 e. The molecule has 2 aliphatic heterocycles. The number of rotatable bonds is 4. The van der Waals surface area contributed by atoms with Gasteiger partial charge in [-0.3, -0.25) is 9.69 Å². The van der Waals surface area contributed by atoms with Crippen LogP contribution in [-0.2, 0) is 9.53 Å². The van der Waals surface area contributed by atoms with E-state index in [0.717, 1.165) is 39.1 Å². The van der Waals surface area contributed by atoms with E-state index < -0.39 is 0 Å². The molecule has 2 aliphatic rings. The highest BCUT2D eigenvalue weighted by atomic mass is 35.5. The minimum Gasteiger partial charge on any atom is -0.366 e. The molecule has 0 aromatic heterocycles. The second-order valence-corrected chi connectivity index (χ2v) is 4.79. The predicted molar refractivity (Wildman–Crippen MR) is 80.4 cm³/mol. The van der Waals surface area contributed by atoms with Gasteiger partial charge >= 0.3 is 0 Å². The normalized spacial score (nSPS) is 27.2. The van der Waals surface area contributed by atoms with E-state index in [4.69, 9.17) is 4.74 Å². The predicted octanol–water partition coefficient (Wildman–Crippen LogP) is 0.419. The Labute approximate surface area is 127 Å². The van der Waals surface area contributed by atoms with Crippen LogP contribution in [0.5, 0.6) is 0 Å². The Morgan fingerprint density at radius 3 is 2.89 bits per heavy atom. The zero-order valence-electron chi connectivity index (χ0n) is 11.4. The van der Waals surface area contributed by atoms with Crippen LogP contribution in [0.1, 0.15) is 19.8 Å². The molecule has 2 saturated heterocycles. The van der Waals surface area contributed by atoms with Crippen molar-refractivity contribution in [3.8, 4) is 0 Å². The summed E-state index contributed by atoms with van der Waals surface area (Å²) in [7, 11) is 0. The minimum absolute atomic E-state index is 0. The summed E-state index contributed by atoms with van der Waals surface area (Å²) in [5.41, 5.74) is 0. The van der Waals surface area contributed by atoms with Gasteiger partial charge in [-0.15, -0.1) is 24.8 Å². The molecule has 2 atom stereocenters. The maximum absolute atomic E-state index is 11.9. The van der Waals surface area contributed by atoms with E-state index in [-0.39, 0.29) is 36.8 Å². The number of hydrogen-bond acceptors (Lipinski definition) is 4. The van der Waals surface area contributed by atoms with Crippen LogP contribution in [0.2, 0.25) is 0 Å². The number of likely N-dealkylation sites (N-methyl/N-ethyl adjacent to an activating group) is 1. The molecule has 2 fully saturated rings. The number of carbonyl (C=O) groups is 1. The van der Waals surface area contributed by atoms with Gasteiger partial charge in [0, 0.05) is 25.7 Å². The summed E-state index contributed by atoms with van der Waals surface area (Å²) in [5.74, 6) is 0.0388. The average molecular weight is 314 g/mol. The van der Waals surface area contributed by atoms with Gasteiger partial charge in [0.1, 0.15) is 6.10 Å². The molecule has 0 aromatic carbocycles. The van der Waals surface area contributed by atoms with Crippen LogP contribution in [0.15, 0.2) is 0 Å². The molecule has 0 saturated carbocycles. The molecule has 7 heteroatoms. The van der Waals surface area contributed by atoms with E-state index in [1.165, 1.54) is 6.42 Å². The van der Waals surface area contributed by atoms with Crippen molar-refractivity contribution in [2.45, 2.75) is 31.9 Å². The number of ether oxygens (including phenoxy) is 1. The summed E-state index contributed by atoms with van der Waals surface area (Å²) in [6.45, 7) is 7.22. The first-order valence-electron chi connectivity index (χ1n) is 6.64. The van der Waals surface area contributed by atoms with Crippen molar-refractivity contribution in [2.24, 2.45) is 0 Å². The number of hydrogen-bond donors (Lipinski definition) is 2. The number of amides is 1. The van der Waals surface area contributed by atoms with Crippen LogP contribution in [0.25, 0.3) is 0 Å². The third-order valence-electron chi connectivity index (χ3n) is 3.58. The molecule has 0 aliphatic carbocycles. The summed E-state index contributed by atoms with van der Waals surface area (Å²) in [5, 5.41) is 6.35. The Hall–Kier alpha value is -0.0700. The van der Waals surface area contributed by atoms with Crippen LogP contribution >= 0.6 is 24.8 Å². The molecule has 2 rings (SSSR count). The number of nitrogens with zero attached hydrogens (tertiary/aromatic N) is 1. The topological polar surface area (TPSA) is 53.6 Å². The van der Waals surface area contributed by atoms with Crippen molar-refractivity contribution in [2.75, 3.05) is 39.3 Å². The summed E-state index contributed by atoms with van der Waals surface area (Å²) in [6, 6.07) is 0.449. The zero-order valence-corrected chi connectivity index (χ0v) is 13.0. The van der Waals surface area contributed by atoms with E-state index in [2.05, 4.69) is 22.5 Å². The van der Waals surface area contributed by atoms with Crippen LogP contribution < -0.4 is 10.6 Å². The Kier molecular flexibility index (Phi) is 9.74. The smallest absolute Gasteiger partial charge is 0.250 e. The summed E-state index contributed by atoms with van der Waals surface area (Å²) >= 11 is 0. The molecule has 0 radical (unpaired) electrons. The van der Waals surface area contributed by atoms with Gasteiger partial charge in [0.2, 0.25) is 0 Å². The van der Waals surface area contributed by atoms with E-state index in [9.17, 15) is 4.79 Å². The van der Waals surface area contributed by atoms with Gasteiger partial charge in [0.05, 0.1) is 6.61 Å². The quantitative estimate of drug-likeness (QED) is 0.790. The molecular formula is C12H25Cl2N3O2. The molecule has 0 bridgehead atoms. The van der Waals surface area contributed by atoms with E-state index in [1.807, 2.05) is 0 Å². The Morgan fingerprint density at radius 1 is 1.47 bits per heavy atom. The van der Waals surface area contributed by atoms with Crippen LogP contribution in [-0.4, -0.2) is 62.3 Å². The van der Waals surface area contributed by atoms with Gasteiger partial charge in [-0.1, -0.05) is 6.92 Å². The van der Waals surface area contributed by atoms with Gasteiger partial charge < -0.3 is 15.4 Å². The lowest BCUT2D eigenvalue weighted by molar-refractivity contribution is -0.138. The standard InChI is InChI=1S/C12H23N3O2.2ClH/c1-2-15-6-7-17-11(9-15)12(16)14-8-10-4-3-5-13-10;;/h10-11,13H,2-9H2,1H3,(H,14,16);2*1H. The molecule has 2 heterocycles. The minimum atomic E-state index is -0.287. The Morgan fingerprint density at radius 2 is 2.26 bits per heavy atom. The second kappa shape index (κ2) is 9.77. The third-order valence-corrected chi connectivity index (χ3v) is 3.58. The third kappa shape index (κ3) is 5.83. The fraction of sp³-hybridized carbons (Fsp3) is 0.917. The Balaban J connectivity index is 0.00000162. The summed E-state index contributed by atoms with van der Waals surface area (Å²) < 4.78 is 5.51. The molecule has 2 unspecified atom stereocenters. The van der Waals surface area contributed by atoms with Crippen molar-refractivity contribution in [1.29, 1.82) is 0 Å². The fourth-order valence-electron chi connectivity index (χ4n) is 2.42. The first-order valence-corrected chi connectivity index (χ1v) is 6.64. The number of nitrogens with one attached hydrogen (secondary N) is 2. The van der Waals surface area contributed by atoms with Crippen molar-refractivity contribution < 1.29 is 9.53 Å². The van der Waals surface area contributed by atoms with Gasteiger partial charge in [0.15, 0.2) is 0 Å². The zero-order chi connectivity index (χ0) is 12.1. The van der Waals surface area contributed by atoms with Crippen molar-refractivity contribution in [1.82, 2.24) is 15.5 Å². The highest BCUT2D eigenvalue weighted by molar-refractivity contribution is 5.85. The number of morpholine rings is 1. The molecule has 0 spiro atoms. The van der Waals surface area contributed by atoms with Crippen LogP contribution in [0.3, 0.4) is 0 Å². The fourth-order valence-corrected chi connectivity index (χ4v) is 2.42. The van der Waals surface area contributed by atoms with E-state index >= 15 is 0 Å². The lowest BCUT2D eigenvalue weighted by atomic mass is 10.2. The van der Waals surface area contributed by atoms with Crippen LogP contribution in [0.4, 0.5) is 0 Å². The highest BCUT2D eigenvalue weighted by Crippen LogP contribution is 2.06. The molecule has 114 valence electrons. The molecule has 2 N–H and O–H groups in total. The van der Waals surface area contributed by atoms with Gasteiger partial charge in [-0.05, 0) is 25.9 Å². The number of carbonyl (C=O) groups excluding carboxylic acids is 1. The Bertz CT molecular complexity index is 263. The van der Waals surface area contributed by atoms with Crippen molar-refractivity contribution >= 4 is 30.7 Å². The monoisotopic (exact) mass is 313 g/mol. The van der Waals surface area contributed by atoms with Crippen molar-refractivity contribution in [3.05, 3.63) is 0 Å². The second-order valence-electron chi connectivity index (χ2n) is 4.79. The van der Waals surface area contributed by atoms with E-state index in [0.29, 0.717) is 12.6 Å². The van der Waals surface area contributed by atoms with Crippen molar-refractivity contribution in [3.63, 3.8) is 0 Å². The lowest BCUT2D eigenvalue weighted by Crippen LogP contribution is -2.51. The number of halogens is 2. The first kappa shape index (κ1) is 18.9. The average Bonchev–Trinajstić information content (AvgIpc) is 2.89. The highest BCUT2D eigenvalue weighted by Gasteiger charge is 2.26. The summed E-state index contributed by atoms with van der Waals surface area (Å²) in [4.78, 5) is 14.2. The molecule has 0 aromatic rings. The van der Waals surface area contributed by atoms with Gasteiger partial charge in [-0.25, -0.2) is 0 Å².